The van der Waals surface area contributed by atoms with Crippen molar-refractivity contribution in [2.24, 2.45) is 5.92 Å². The second-order valence-electron chi connectivity index (χ2n) is 7.16. The van der Waals surface area contributed by atoms with E-state index in [0.717, 1.165) is 43.6 Å². The number of anilines is 1. The molecule has 2 aliphatic rings. The van der Waals surface area contributed by atoms with Gasteiger partial charge in [0.25, 0.3) is 0 Å². The van der Waals surface area contributed by atoms with Crippen LogP contribution in [0.15, 0.2) is 24.3 Å². The van der Waals surface area contributed by atoms with Crippen LogP contribution in [0.2, 0.25) is 0 Å². The lowest BCUT2D eigenvalue weighted by Crippen LogP contribution is -2.37. The van der Waals surface area contributed by atoms with E-state index in [0.29, 0.717) is 24.8 Å². The number of benzene rings is 1. The van der Waals surface area contributed by atoms with E-state index in [1.807, 2.05) is 29.2 Å². The molecule has 1 aromatic carbocycles. The van der Waals surface area contributed by atoms with Crippen molar-refractivity contribution in [3.63, 3.8) is 0 Å². The van der Waals surface area contributed by atoms with Gasteiger partial charge in [-0.1, -0.05) is 26.0 Å². The predicted octanol–water partition coefficient (Wildman–Crippen LogP) is 3.00. The summed E-state index contributed by atoms with van der Waals surface area (Å²) in [6, 6.07) is 8.37. The van der Waals surface area contributed by atoms with Gasteiger partial charge < -0.3 is 9.80 Å². The molecule has 0 radical (unpaired) electrons. The van der Waals surface area contributed by atoms with Gasteiger partial charge in [0.2, 0.25) is 11.8 Å². The number of rotatable bonds is 6. The van der Waals surface area contributed by atoms with Crippen LogP contribution in [0.25, 0.3) is 0 Å². The summed E-state index contributed by atoms with van der Waals surface area (Å²) in [6.45, 7) is 5.97. The van der Waals surface area contributed by atoms with E-state index in [1.165, 1.54) is 0 Å². The highest BCUT2D eigenvalue weighted by molar-refractivity contribution is 5.95. The minimum Gasteiger partial charge on any atom is -0.339 e. The number of hydrogen-bond acceptors (Lipinski definition) is 2. The summed E-state index contributed by atoms with van der Waals surface area (Å²) in [5.41, 5.74) is 1.98. The Labute approximate surface area is 138 Å². The summed E-state index contributed by atoms with van der Waals surface area (Å²) in [5.74, 6) is 0.931. The molecular formula is C19H26N2O2. The molecule has 1 saturated carbocycles. The van der Waals surface area contributed by atoms with Crippen LogP contribution in [-0.2, 0) is 16.0 Å². The molecule has 4 nitrogen and oxygen atoms in total. The van der Waals surface area contributed by atoms with Crippen LogP contribution < -0.4 is 4.90 Å². The zero-order valence-corrected chi connectivity index (χ0v) is 14.1. The quantitative estimate of drug-likeness (QED) is 0.810. The average molecular weight is 314 g/mol. The molecule has 0 bridgehead atoms. The van der Waals surface area contributed by atoms with E-state index in [4.69, 9.17) is 0 Å². The minimum absolute atomic E-state index is 0.200. The van der Waals surface area contributed by atoms with Crippen LogP contribution >= 0.6 is 0 Å². The van der Waals surface area contributed by atoms with Crippen LogP contribution in [0.3, 0.4) is 0 Å². The Morgan fingerprint density at radius 3 is 2.48 bits per heavy atom. The maximum atomic E-state index is 12.6. The second-order valence-corrected chi connectivity index (χ2v) is 7.16. The van der Waals surface area contributed by atoms with Gasteiger partial charge >= 0.3 is 0 Å². The smallest absolute Gasteiger partial charge is 0.227 e. The first-order chi connectivity index (χ1) is 11.0. The maximum Gasteiger partial charge on any atom is 0.227 e. The van der Waals surface area contributed by atoms with E-state index >= 15 is 0 Å². The normalized spacial score (nSPS) is 17.9. The molecule has 0 atom stereocenters. The van der Waals surface area contributed by atoms with Gasteiger partial charge in [-0.05, 0) is 42.9 Å². The van der Waals surface area contributed by atoms with Gasteiger partial charge in [0.15, 0.2) is 0 Å². The Hall–Kier alpha value is -1.84. The molecule has 1 aromatic rings. The first kappa shape index (κ1) is 16.0. The van der Waals surface area contributed by atoms with Crippen molar-refractivity contribution in [3.8, 4) is 0 Å². The number of hydrogen-bond donors (Lipinski definition) is 0. The topological polar surface area (TPSA) is 40.6 Å². The van der Waals surface area contributed by atoms with Gasteiger partial charge in [0.05, 0.1) is 6.42 Å². The Bertz CT molecular complexity index is 576. The predicted molar refractivity (Wildman–Crippen MR) is 91.3 cm³/mol. The molecule has 1 heterocycles. The Morgan fingerprint density at radius 2 is 1.96 bits per heavy atom. The molecule has 1 aliphatic heterocycles. The standard InChI is InChI=1S/C19H26N2O2/c1-14(2)13-21(17-9-10-17)19(23)12-15-5-7-16(8-6-15)20-11-3-4-18(20)22/h5-8,14,17H,3-4,9-13H2,1-2H3. The highest BCUT2D eigenvalue weighted by atomic mass is 16.2. The summed E-state index contributed by atoms with van der Waals surface area (Å²) in [7, 11) is 0. The Kier molecular flexibility index (Phi) is 4.69. The van der Waals surface area contributed by atoms with E-state index in [2.05, 4.69) is 18.7 Å². The molecule has 1 saturated heterocycles. The summed E-state index contributed by atoms with van der Waals surface area (Å²) >= 11 is 0. The highest BCUT2D eigenvalue weighted by Gasteiger charge is 2.32. The average Bonchev–Trinajstić information content (AvgIpc) is 3.27. The van der Waals surface area contributed by atoms with Crippen LogP contribution in [0.1, 0.15) is 45.1 Å². The third-order valence-corrected chi connectivity index (χ3v) is 4.55. The largest absolute Gasteiger partial charge is 0.339 e. The van der Waals surface area contributed by atoms with E-state index < -0.39 is 0 Å². The molecule has 23 heavy (non-hydrogen) atoms. The number of carbonyl (C=O) groups is 2. The lowest BCUT2D eigenvalue weighted by molar-refractivity contribution is -0.131. The second kappa shape index (κ2) is 6.73. The molecule has 0 N–H and O–H groups in total. The zero-order valence-electron chi connectivity index (χ0n) is 14.1. The number of carbonyl (C=O) groups excluding carboxylic acids is 2. The van der Waals surface area contributed by atoms with Crippen molar-refractivity contribution < 1.29 is 9.59 Å². The van der Waals surface area contributed by atoms with Gasteiger partial charge in [0, 0.05) is 31.2 Å². The zero-order chi connectivity index (χ0) is 16.4. The summed E-state index contributed by atoms with van der Waals surface area (Å²) < 4.78 is 0. The van der Waals surface area contributed by atoms with Crippen molar-refractivity contribution in [1.29, 1.82) is 0 Å². The molecule has 2 amide bonds. The van der Waals surface area contributed by atoms with Crippen LogP contribution in [-0.4, -0.2) is 35.8 Å². The Morgan fingerprint density at radius 1 is 1.26 bits per heavy atom. The molecule has 2 fully saturated rings. The van der Waals surface area contributed by atoms with E-state index in [1.54, 1.807) is 0 Å². The Balaban J connectivity index is 1.63. The molecular weight excluding hydrogens is 288 g/mol. The first-order valence-electron chi connectivity index (χ1n) is 8.73. The SMILES string of the molecule is CC(C)CN(C(=O)Cc1ccc(N2CCCC2=O)cc1)C1CC1. The van der Waals surface area contributed by atoms with Crippen molar-refractivity contribution in [2.45, 2.75) is 52.0 Å². The van der Waals surface area contributed by atoms with Crippen LogP contribution in [0.4, 0.5) is 5.69 Å². The molecule has 3 rings (SSSR count). The monoisotopic (exact) mass is 314 g/mol. The molecule has 1 aliphatic carbocycles. The molecule has 0 unspecified atom stereocenters. The lowest BCUT2D eigenvalue weighted by atomic mass is 10.1. The van der Waals surface area contributed by atoms with Gasteiger partial charge in [0.1, 0.15) is 0 Å². The fraction of sp³-hybridized carbons (Fsp3) is 0.579. The van der Waals surface area contributed by atoms with Gasteiger partial charge in [-0.25, -0.2) is 0 Å². The van der Waals surface area contributed by atoms with Crippen molar-refractivity contribution in [2.75, 3.05) is 18.0 Å². The van der Waals surface area contributed by atoms with Gasteiger partial charge in [-0.2, -0.15) is 0 Å². The van der Waals surface area contributed by atoms with Crippen LogP contribution in [0.5, 0.6) is 0 Å². The van der Waals surface area contributed by atoms with Crippen molar-refractivity contribution in [1.82, 2.24) is 4.90 Å². The molecule has 0 aromatic heterocycles. The summed E-state index contributed by atoms with van der Waals surface area (Å²) in [4.78, 5) is 28.3. The number of nitrogens with zero attached hydrogens (tertiary/aromatic N) is 2. The van der Waals surface area contributed by atoms with Crippen molar-refractivity contribution >= 4 is 17.5 Å². The van der Waals surface area contributed by atoms with Gasteiger partial charge in [-0.3, -0.25) is 9.59 Å². The van der Waals surface area contributed by atoms with E-state index in [9.17, 15) is 9.59 Å². The first-order valence-corrected chi connectivity index (χ1v) is 8.73. The molecule has 124 valence electrons. The summed E-state index contributed by atoms with van der Waals surface area (Å²) in [5, 5.41) is 0. The molecule has 4 heteroatoms. The lowest BCUT2D eigenvalue weighted by Gasteiger charge is -2.24. The third-order valence-electron chi connectivity index (χ3n) is 4.55. The van der Waals surface area contributed by atoms with Crippen molar-refractivity contribution in [3.05, 3.63) is 29.8 Å². The van der Waals surface area contributed by atoms with Gasteiger partial charge in [-0.15, -0.1) is 0 Å². The fourth-order valence-electron chi connectivity index (χ4n) is 3.23. The van der Waals surface area contributed by atoms with Crippen LogP contribution in [0, 0.1) is 5.92 Å². The highest BCUT2D eigenvalue weighted by Crippen LogP contribution is 2.28. The maximum absolute atomic E-state index is 12.6. The van der Waals surface area contributed by atoms with E-state index in [-0.39, 0.29) is 11.8 Å². The third kappa shape index (κ3) is 3.92. The number of amides is 2. The fourth-order valence-corrected chi connectivity index (χ4v) is 3.23. The summed E-state index contributed by atoms with van der Waals surface area (Å²) in [6.07, 6.45) is 4.33. The minimum atomic E-state index is 0.200. The molecule has 0 spiro atoms.